The van der Waals surface area contributed by atoms with Gasteiger partial charge in [0.2, 0.25) is 0 Å². The van der Waals surface area contributed by atoms with Crippen LogP contribution < -0.4 is 4.90 Å². The van der Waals surface area contributed by atoms with Crippen LogP contribution in [0.5, 0.6) is 0 Å². The Morgan fingerprint density at radius 3 is 2.00 bits per heavy atom. The number of nitrogens with zero attached hydrogens (tertiary/aromatic N) is 1. The van der Waals surface area contributed by atoms with Crippen LogP contribution in [-0.2, 0) is 9.59 Å². The maximum absolute atomic E-state index is 11.2. The minimum absolute atomic E-state index is 0.0263. The second kappa shape index (κ2) is 8.04. The molecule has 0 aliphatic carbocycles. The molecule has 0 radical (unpaired) electrons. The normalized spacial score (nSPS) is 10.1. The van der Waals surface area contributed by atoms with Crippen molar-refractivity contribution in [3.63, 3.8) is 0 Å². The number of anilines is 1. The Hall–Kier alpha value is -2.37. The van der Waals surface area contributed by atoms with Crippen molar-refractivity contribution in [1.82, 2.24) is 0 Å². The van der Waals surface area contributed by atoms with Gasteiger partial charge in [0.05, 0.1) is 6.42 Å². The first-order valence-electron chi connectivity index (χ1n) is 6.69. The summed E-state index contributed by atoms with van der Waals surface area (Å²) in [5, 5.41) is 17.4. The maximum Gasteiger partial charge on any atom is 0.305 e. The molecular weight excluding hydrogens is 274 g/mol. The minimum atomic E-state index is -0.904. The van der Waals surface area contributed by atoms with Gasteiger partial charge in [-0.15, -0.1) is 0 Å². The van der Waals surface area contributed by atoms with E-state index in [2.05, 4.69) is 0 Å². The lowest BCUT2D eigenvalue weighted by molar-refractivity contribution is -0.138. The van der Waals surface area contributed by atoms with Crippen molar-refractivity contribution in [1.29, 1.82) is 0 Å². The van der Waals surface area contributed by atoms with E-state index >= 15 is 0 Å². The number of Topliss-reactive ketones (excluding diaryl/α,β-unsaturated/α-hetero) is 1. The minimum Gasteiger partial charge on any atom is -0.481 e. The van der Waals surface area contributed by atoms with Crippen LogP contribution in [0.3, 0.4) is 0 Å². The van der Waals surface area contributed by atoms with Gasteiger partial charge in [-0.1, -0.05) is 0 Å². The zero-order valence-electron chi connectivity index (χ0n) is 11.9. The molecule has 0 aromatic heterocycles. The van der Waals surface area contributed by atoms with Gasteiger partial charge in [-0.2, -0.15) is 0 Å². The zero-order chi connectivity index (χ0) is 15.8. The highest BCUT2D eigenvalue weighted by Crippen LogP contribution is 2.17. The van der Waals surface area contributed by atoms with E-state index in [1.54, 1.807) is 24.3 Å². The van der Waals surface area contributed by atoms with Crippen LogP contribution in [0.2, 0.25) is 0 Å². The van der Waals surface area contributed by atoms with Gasteiger partial charge in [-0.3, -0.25) is 14.4 Å². The number of carboxylic acids is 2. The molecule has 1 aromatic carbocycles. The molecule has 0 amide bonds. The van der Waals surface area contributed by atoms with Crippen molar-refractivity contribution in [3.8, 4) is 0 Å². The van der Waals surface area contributed by atoms with Crippen LogP contribution in [0, 0.1) is 0 Å². The molecule has 6 nitrogen and oxygen atoms in total. The van der Waals surface area contributed by atoms with E-state index in [4.69, 9.17) is 10.2 Å². The molecule has 0 bridgehead atoms. The van der Waals surface area contributed by atoms with E-state index in [1.807, 2.05) is 4.90 Å². The van der Waals surface area contributed by atoms with Crippen LogP contribution in [-0.4, -0.2) is 41.0 Å². The maximum atomic E-state index is 11.2. The molecule has 114 valence electrons. The average Bonchev–Trinajstić information content (AvgIpc) is 2.42. The summed E-state index contributed by atoms with van der Waals surface area (Å²) in [7, 11) is 0. The van der Waals surface area contributed by atoms with E-state index in [0.717, 1.165) is 5.69 Å². The highest BCUT2D eigenvalue weighted by Gasteiger charge is 2.10. The molecular formula is C15H19NO5. The lowest BCUT2D eigenvalue weighted by Crippen LogP contribution is -2.27. The molecule has 1 rings (SSSR count). The van der Waals surface area contributed by atoms with Gasteiger partial charge in [-0.05, 0) is 37.6 Å². The highest BCUT2D eigenvalue weighted by atomic mass is 16.4. The lowest BCUT2D eigenvalue weighted by atomic mass is 10.1. The molecule has 0 aliphatic heterocycles. The number of benzene rings is 1. The molecule has 0 heterocycles. The molecule has 0 spiro atoms. The summed E-state index contributed by atoms with van der Waals surface area (Å²) < 4.78 is 0. The van der Waals surface area contributed by atoms with Crippen LogP contribution >= 0.6 is 0 Å². The molecule has 21 heavy (non-hydrogen) atoms. The average molecular weight is 293 g/mol. The van der Waals surface area contributed by atoms with Gasteiger partial charge in [-0.25, -0.2) is 0 Å². The Bertz CT molecular complexity index is 509. The van der Waals surface area contributed by atoms with Crippen molar-refractivity contribution in [2.75, 3.05) is 18.0 Å². The Morgan fingerprint density at radius 1 is 0.952 bits per heavy atom. The predicted octanol–water partition coefficient (Wildman–Crippen LogP) is 2.04. The first-order chi connectivity index (χ1) is 9.90. The Labute approximate surface area is 123 Å². The van der Waals surface area contributed by atoms with Gasteiger partial charge >= 0.3 is 11.9 Å². The first kappa shape index (κ1) is 16.7. The van der Waals surface area contributed by atoms with Crippen LogP contribution in [0.1, 0.15) is 36.5 Å². The van der Waals surface area contributed by atoms with Crippen molar-refractivity contribution < 1.29 is 24.6 Å². The van der Waals surface area contributed by atoms with Crippen molar-refractivity contribution in [2.45, 2.75) is 26.2 Å². The molecule has 0 atom stereocenters. The SMILES string of the molecule is CC(=O)c1ccc(N(CCCC(=O)O)CCC(=O)O)cc1. The summed E-state index contributed by atoms with van der Waals surface area (Å²) in [5.41, 5.74) is 1.37. The number of carboxylic acid groups (broad SMARTS) is 2. The number of ketones is 1. The van der Waals surface area contributed by atoms with Gasteiger partial charge < -0.3 is 15.1 Å². The lowest BCUT2D eigenvalue weighted by Gasteiger charge is -2.24. The molecule has 1 aromatic rings. The number of carbonyl (C=O) groups is 3. The summed E-state index contributed by atoms with van der Waals surface area (Å²) in [5.74, 6) is -1.82. The van der Waals surface area contributed by atoms with Gasteiger partial charge in [0.1, 0.15) is 0 Å². The van der Waals surface area contributed by atoms with Crippen molar-refractivity contribution in [2.24, 2.45) is 0 Å². The molecule has 0 aliphatic rings. The predicted molar refractivity (Wildman–Crippen MR) is 77.8 cm³/mol. The third kappa shape index (κ3) is 6.07. The Balaban J connectivity index is 2.75. The molecule has 0 unspecified atom stereocenters. The second-order valence-corrected chi connectivity index (χ2v) is 4.73. The van der Waals surface area contributed by atoms with E-state index in [9.17, 15) is 14.4 Å². The van der Waals surface area contributed by atoms with E-state index in [0.29, 0.717) is 25.1 Å². The molecule has 0 saturated carbocycles. The number of hydrogen-bond donors (Lipinski definition) is 2. The largest absolute Gasteiger partial charge is 0.481 e. The van der Waals surface area contributed by atoms with Gasteiger partial charge in [0.15, 0.2) is 5.78 Å². The van der Waals surface area contributed by atoms with E-state index < -0.39 is 11.9 Å². The highest BCUT2D eigenvalue weighted by molar-refractivity contribution is 5.94. The van der Waals surface area contributed by atoms with Gasteiger partial charge in [0.25, 0.3) is 0 Å². The summed E-state index contributed by atoms with van der Waals surface area (Å²) in [6.07, 6.45) is 0.444. The number of rotatable bonds is 9. The summed E-state index contributed by atoms with van der Waals surface area (Å²) in [6.45, 7) is 2.23. The fraction of sp³-hybridized carbons (Fsp3) is 0.400. The third-order valence-corrected chi connectivity index (χ3v) is 3.05. The first-order valence-corrected chi connectivity index (χ1v) is 6.69. The standard InChI is InChI=1S/C15H19NO5/c1-11(17)12-4-6-13(7-5-12)16(10-8-15(20)21)9-2-3-14(18)19/h4-7H,2-3,8-10H2,1H3,(H,18,19)(H,20,21). The Kier molecular flexibility index (Phi) is 6.39. The fourth-order valence-electron chi connectivity index (χ4n) is 1.93. The third-order valence-electron chi connectivity index (χ3n) is 3.05. The van der Waals surface area contributed by atoms with Crippen molar-refractivity contribution in [3.05, 3.63) is 29.8 Å². The van der Waals surface area contributed by atoms with Crippen molar-refractivity contribution >= 4 is 23.4 Å². The summed E-state index contributed by atoms with van der Waals surface area (Å²) in [4.78, 5) is 34.3. The summed E-state index contributed by atoms with van der Waals surface area (Å²) in [6, 6.07) is 6.87. The number of carbonyl (C=O) groups excluding carboxylic acids is 1. The molecule has 2 N–H and O–H groups in total. The zero-order valence-corrected chi connectivity index (χ0v) is 11.9. The Morgan fingerprint density at radius 2 is 1.52 bits per heavy atom. The number of hydrogen-bond acceptors (Lipinski definition) is 4. The molecule has 0 saturated heterocycles. The molecule has 0 fully saturated rings. The second-order valence-electron chi connectivity index (χ2n) is 4.73. The quantitative estimate of drug-likeness (QED) is 0.676. The topological polar surface area (TPSA) is 94.9 Å². The fourth-order valence-corrected chi connectivity index (χ4v) is 1.93. The summed E-state index contributed by atoms with van der Waals surface area (Å²) >= 11 is 0. The molecule has 6 heteroatoms. The van der Waals surface area contributed by atoms with Gasteiger partial charge in [0, 0.05) is 30.8 Å². The number of aliphatic carboxylic acids is 2. The van der Waals surface area contributed by atoms with E-state index in [1.165, 1.54) is 6.92 Å². The monoisotopic (exact) mass is 293 g/mol. The smallest absolute Gasteiger partial charge is 0.305 e. The van der Waals surface area contributed by atoms with E-state index in [-0.39, 0.29) is 18.6 Å². The van der Waals surface area contributed by atoms with Crippen LogP contribution in [0.4, 0.5) is 5.69 Å². The van der Waals surface area contributed by atoms with Crippen LogP contribution in [0.25, 0.3) is 0 Å². The van der Waals surface area contributed by atoms with Crippen LogP contribution in [0.15, 0.2) is 24.3 Å².